The fourth-order valence-electron chi connectivity index (χ4n) is 3.09. The van der Waals surface area contributed by atoms with Crippen molar-refractivity contribution in [2.24, 2.45) is 0 Å². The molecule has 0 N–H and O–H groups in total. The quantitative estimate of drug-likeness (QED) is 0.599. The van der Waals surface area contributed by atoms with Crippen molar-refractivity contribution in [2.75, 3.05) is 66.1 Å². The maximum Gasteiger partial charge on any atom is 0.0889 e. The average Bonchev–Trinajstić information content (AvgIpc) is 2.77. The second kappa shape index (κ2) is 14.4. The van der Waals surface area contributed by atoms with E-state index in [1.54, 1.807) is 0 Å². The van der Waals surface area contributed by atoms with Gasteiger partial charge in [-0.05, 0) is 36.1 Å². The van der Waals surface area contributed by atoms with Crippen LogP contribution in [0.5, 0.6) is 0 Å². The molecule has 2 aliphatic heterocycles. The number of hydrogen-bond donors (Lipinski definition) is 0. The monoisotopic (exact) mass is 419 g/mol. The number of rotatable bonds is 0. The number of allylic oxidation sites excluding steroid dienone is 2. The second-order valence-corrected chi connectivity index (χ2v) is 7.21. The summed E-state index contributed by atoms with van der Waals surface area (Å²) in [4.78, 5) is 4.55. The minimum atomic E-state index is 0.459. The van der Waals surface area contributed by atoms with E-state index in [1.807, 2.05) is 18.2 Å². The predicted molar refractivity (Wildman–Crippen MR) is 112 cm³/mol. The third kappa shape index (κ3) is 9.47. The molecule has 7 nitrogen and oxygen atoms in total. The first-order chi connectivity index (χ1) is 14.9. The summed E-state index contributed by atoms with van der Waals surface area (Å²) in [5, 5.41) is 0. The summed E-state index contributed by atoms with van der Waals surface area (Å²) in [6.45, 7) is 6.67. The normalized spacial score (nSPS) is 21.7. The number of nitrogens with zero attached hydrogens (tertiary/aromatic N) is 1. The molecule has 7 heteroatoms. The van der Waals surface area contributed by atoms with E-state index in [4.69, 9.17) is 28.4 Å². The van der Waals surface area contributed by atoms with Crippen LogP contribution in [-0.2, 0) is 41.6 Å². The third-order valence-corrected chi connectivity index (χ3v) is 4.75. The highest BCUT2D eigenvalue weighted by Gasteiger charge is 2.07. The van der Waals surface area contributed by atoms with Crippen LogP contribution in [0.1, 0.15) is 24.2 Å². The van der Waals surface area contributed by atoms with Crippen LogP contribution >= 0.6 is 0 Å². The SMILES string of the molecule is C1=C2CCC(=C1)COCCOCCOCc1cccc(n1)COCCOCCOC2. The van der Waals surface area contributed by atoms with Gasteiger partial charge in [0.25, 0.3) is 0 Å². The molecular formula is C23H33NO6. The Hall–Kier alpha value is -1.61. The van der Waals surface area contributed by atoms with Crippen molar-refractivity contribution in [3.05, 3.63) is 52.9 Å². The Morgan fingerprint density at radius 1 is 0.500 bits per heavy atom. The molecule has 1 aliphatic carbocycles. The topological polar surface area (TPSA) is 68.3 Å². The van der Waals surface area contributed by atoms with Crippen molar-refractivity contribution in [1.29, 1.82) is 0 Å². The Labute approximate surface area is 179 Å². The first-order valence-electron chi connectivity index (χ1n) is 10.7. The molecule has 3 heterocycles. The van der Waals surface area contributed by atoms with Gasteiger partial charge in [-0.3, -0.25) is 4.98 Å². The molecule has 0 saturated carbocycles. The van der Waals surface area contributed by atoms with Gasteiger partial charge in [-0.25, -0.2) is 0 Å². The highest BCUT2D eigenvalue weighted by atomic mass is 16.5. The summed E-state index contributed by atoms with van der Waals surface area (Å²) in [6, 6.07) is 5.87. The van der Waals surface area contributed by atoms with Crippen LogP contribution in [0.4, 0.5) is 0 Å². The van der Waals surface area contributed by atoms with Crippen molar-refractivity contribution in [3.8, 4) is 0 Å². The van der Waals surface area contributed by atoms with Crippen molar-refractivity contribution in [2.45, 2.75) is 26.1 Å². The molecule has 4 bridgehead atoms. The van der Waals surface area contributed by atoms with Gasteiger partial charge < -0.3 is 28.4 Å². The van der Waals surface area contributed by atoms with Crippen molar-refractivity contribution < 1.29 is 28.4 Å². The van der Waals surface area contributed by atoms with E-state index in [0.717, 1.165) is 24.2 Å². The minimum absolute atomic E-state index is 0.459. The van der Waals surface area contributed by atoms with Crippen LogP contribution in [-0.4, -0.2) is 71.1 Å². The Balaban J connectivity index is 1.42. The van der Waals surface area contributed by atoms with E-state index in [0.29, 0.717) is 79.3 Å². The van der Waals surface area contributed by atoms with Crippen molar-refractivity contribution in [1.82, 2.24) is 4.98 Å². The number of fused-ring (bicyclic) bond motifs is 18. The summed E-state index contributed by atoms with van der Waals surface area (Å²) in [6.07, 6.45) is 6.34. The van der Waals surface area contributed by atoms with Crippen molar-refractivity contribution >= 4 is 0 Å². The fraction of sp³-hybridized carbons (Fsp3) is 0.609. The summed E-state index contributed by atoms with van der Waals surface area (Å²) < 4.78 is 33.8. The van der Waals surface area contributed by atoms with Crippen molar-refractivity contribution in [3.63, 3.8) is 0 Å². The number of pyridine rings is 1. The molecule has 4 rings (SSSR count). The van der Waals surface area contributed by atoms with E-state index in [-0.39, 0.29) is 0 Å². The van der Waals surface area contributed by atoms with E-state index in [1.165, 1.54) is 11.1 Å². The first-order valence-corrected chi connectivity index (χ1v) is 10.7. The highest BCUT2D eigenvalue weighted by molar-refractivity contribution is 5.24. The Kier molecular flexibility index (Phi) is 11.1. The highest BCUT2D eigenvalue weighted by Crippen LogP contribution is 2.18. The lowest BCUT2D eigenvalue weighted by Gasteiger charge is -2.15. The predicted octanol–water partition coefficient (Wildman–Crippen LogP) is 2.84. The Morgan fingerprint density at radius 2 is 0.900 bits per heavy atom. The van der Waals surface area contributed by atoms with Gasteiger partial charge in [-0.1, -0.05) is 18.2 Å². The molecule has 0 amide bonds. The lowest BCUT2D eigenvalue weighted by Crippen LogP contribution is -2.12. The van der Waals surface area contributed by atoms with Gasteiger partial charge in [-0.2, -0.15) is 0 Å². The van der Waals surface area contributed by atoms with Crippen LogP contribution in [0.25, 0.3) is 0 Å². The molecule has 0 unspecified atom stereocenters. The zero-order chi connectivity index (χ0) is 20.7. The van der Waals surface area contributed by atoms with Crippen LogP contribution < -0.4 is 0 Å². The van der Waals surface area contributed by atoms with Gasteiger partial charge in [0.15, 0.2) is 0 Å². The molecule has 0 aromatic carbocycles. The van der Waals surface area contributed by atoms with Gasteiger partial charge >= 0.3 is 0 Å². The van der Waals surface area contributed by atoms with Gasteiger partial charge in [0.05, 0.1) is 90.7 Å². The van der Waals surface area contributed by atoms with E-state index < -0.39 is 0 Å². The van der Waals surface area contributed by atoms with E-state index in [9.17, 15) is 0 Å². The lowest BCUT2D eigenvalue weighted by molar-refractivity contribution is 0.0123. The molecule has 30 heavy (non-hydrogen) atoms. The molecule has 1 aromatic rings. The Bertz CT molecular complexity index is 622. The van der Waals surface area contributed by atoms with Crippen LogP contribution in [0.3, 0.4) is 0 Å². The largest absolute Gasteiger partial charge is 0.377 e. The van der Waals surface area contributed by atoms with Gasteiger partial charge in [0.1, 0.15) is 0 Å². The molecule has 0 saturated heterocycles. The van der Waals surface area contributed by atoms with Gasteiger partial charge in [0, 0.05) is 0 Å². The van der Waals surface area contributed by atoms with Crippen LogP contribution in [0.2, 0.25) is 0 Å². The zero-order valence-corrected chi connectivity index (χ0v) is 17.7. The number of aromatic nitrogens is 1. The zero-order valence-electron chi connectivity index (χ0n) is 17.7. The van der Waals surface area contributed by atoms with E-state index in [2.05, 4.69) is 17.1 Å². The standard InChI is InChI=1S/C23H33NO6/c1-2-22-18-29-14-10-25-8-12-27-16-20-4-6-21(7-5-20)17-28-13-9-26-11-15-30-19-23(3-1)24-22/h1-4,6H,5,7-19H2. The maximum absolute atomic E-state index is 5.71. The smallest absolute Gasteiger partial charge is 0.0889 e. The van der Waals surface area contributed by atoms with Gasteiger partial charge in [0.2, 0.25) is 0 Å². The second-order valence-electron chi connectivity index (χ2n) is 7.21. The molecule has 0 spiro atoms. The summed E-state index contributed by atoms with van der Waals surface area (Å²) >= 11 is 0. The third-order valence-electron chi connectivity index (χ3n) is 4.75. The maximum atomic E-state index is 5.71. The molecule has 0 atom stereocenters. The lowest BCUT2D eigenvalue weighted by atomic mass is 9.99. The summed E-state index contributed by atoms with van der Waals surface area (Å²) in [5.41, 5.74) is 4.39. The summed E-state index contributed by atoms with van der Waals surface area (Å²) in [7, 11) is 0. The first kappa shape index (κ1) is 23.1. The summed E-state index contributed by atoms with van der Waals surface area (Å²) in [5.74, 6) is 0. The minimum Gasteiger partial charge on any atom is -0.377 e. The number of hydrogen-bond acceptors (Lipinski definition) is 7. The molecule has 166 valence electrons. The average molecular weight is 420 g/mol. The Morgan fingerprint density at radius 3 is 1.33 bits per heavy atom. The van der Waals surface area contributed by atoms with Crippen LogP contribution in [0.15, 0.2) is 41.5 Å². The molecule has 0 radical (unpaired) electrons. The fourth-order valence-corrected chi connectivity index (χ4v) is 3.09. The molecular weight excluding hydrogens is 386 g/mol. The van der Waals surface area contributed by atoms with Crippen LogP contribution in [0, 0.1) is 0 Å². The molecule has 3 aliphatic rings. The van der Waals surface area contributed by atoms with Gasteiger partial charge in [-0.15, -0.1) is 0 Å². The molecule has 0 fully saturated rings. The van der Waals surface area contributed by atoms with E-state index >= 15 is 0 Å². The number of ether oxygens (including phenoxy) is 6. The molecule has 1 aromatic heterocycles.